The number of nitrogens with one attached hydrogen (secondary N) is 1. The van der Waals surface area contributed by atoms with E-state index in [2.05, 4.69) is 33.2 Å². The second-order valence-corrected chi connectivity index (χ2v) is 4.11. The zero-order valence-electron chi connectivity index (χ0n) is 8.19. The quantitative estimate of drug-likeness (QED) is 0.501. The van der Waals surface area contributed by atoms with Crippen LogP contribution in [-0.2, 0) is 0 Å². The van der Waals surface area contributed by atoms with Crippen LogP contribution in [0.25, 0.3) is 21.8 Å². The molecular weight excluding hydrogens is 206 g/mol. The van der Waals surface area contributed by atoms with Crippen molar-refractivity contribution >= 4 is 33.6 Å². The van der Waals surface area contributed by atoms with Gasteiger partial charge in [-0.15, -0.1) is 11.8 Å². The number of benzene rings is 1. The average molecular weight is 215 g/mol. The highest BCUT2D eigenvalue weighted by Gasteiger charge is 2.04. The number of H-pyrrole nitrogens is 1. The Labute approximate surface area is 90.9 Å². The van der Waals surface area contributed by atoms with Gasteiger partial charge in [0.05, 0.1) is 5.52 Å². The van der Waals surface area contributed by atoms with E-state index in [1.807, 2.05) is 12.5 Å². The van der Waals surface area contributed by atoms with Crippen molar-refractivity contribution in [1.82, 2.24) is 15.0 Å². The van der Waals surface area contributed by atoms with Crippen LogP contribution >= 0.6 is 11.8 Å². The van der Waals surface area contributed by atoms with E-state index in [1.54, 1.807) is 18.1 Å². The van der Waals surface area contributed by atoms with Gasteiger partial charge in [-0.1, -0.05) is 0 Å². The first-order valence-electron chi connectivity index (χ1n) is 4.64. The lowest BCUT2D eigenvalue weighted by molar-refractivity contribution is 1.10. The molecule has 0 bridgehead atoms. The SMILES string of the molecule is CSc1ncnc2cc3[nH]ccc3cc12. The molecule has 74 valence electrons. The van der Waals surface area contributed by atoms with Gasteiger partial charge in [-0.05, 0) is 24.5 Å². The Hall–Kier alpha value is -1.55. The molecule has 4 heteroatoms. The van der Waals surface area contributed by atoms with Crippen molar-refractivity contribution in [3.63, 3.8) is 0 Å². The third-order valence-corrected chi connectivity index (χ3v) is 3.18. The molecule has 0 unspecified atom stereocenters. The van der Waals surface area contributed by atoms with Crippen LogP contribution in [0.3, 0.4) is 0 Å². The van der Waals surface area contributed by atoms with Gasteiger partial charge >= 0.3 is 0 Å². The molecule has 2 aromatic heterocycles. The lowest BCUT2D eigenvalue weighted by atomic mass is 10.2. The van der Waals surface area contributed by atoms with Gasteiger partial charge in [0.25, 0.3) is 0 Å². The summed E-state index contributed by atoms with van der Waals surface area (Å²) < 4.78 is 0. The highest BCUT2D eigenvalue weighted by Crippen LogP contribution is 2.26. The molecule has 1 N–H and O–H groups in total. The third kappa shape index (κ3) is 1.29. The Morgan fingerprint density at radius 2 is 2.20 bits per heavy atom. The molecule has 0 atom stereocenters. The predicted molar refractivity (Wildman–Crippen MR) is 63.2 cm³/mol. The summed E-state index contributed by atoms with van der Waals surface area (Å²) in [5, 5.41) is 3.35. The minimum atomic E-state index is 0.990. The number of fused-ring (bicyclic) bond motifs is 2. The fraction of sp³-hybridized carbons (Fsp3) is 0.0909. The Morgan fingerprint density at radius 3 is 3.07 bits per heavy atom. The summed E-state index contributed by atoms with van der Waals surface area (Å²) in [6.45, 7) is 0. The monoisotopic (exact) mass is 215 g/mol. The maximum atomic E-state index is 4.28. The van der Waals surface area contributed by atoms with E-state index in [9.17, 15) is 0 Å². The van der Waals surface area contributed by atoms with Crippen molar-refractivity contribution in [2.24, 2.45) is 0 Å². The molecule has 0 aliphatic heterocycles. The number of nitrogens with zero attached hydrogens (tertiary/aromatic N) is 2. The molecule has 0 radical (unpaired) electrons. The van der Waals surface area contributed by atoms with Crippen molar-refractivity contribution in [2.45, 2.75) is 5.03 Å². The van der Waals surface area contributed by atoms with Gasteiger partial charge < -0.3 is 4.98 Å². The van der Waals surface area contributed by atoms with Gasteiger partial charge in [0.2, 0.25) is 0 Å². The van der Waals surface area contributed by atoms with Crippen molar-refractivity contribution < 1.29 is 0 Å². The highest BCUT2D eigenvalue weighted by molar-refractivity contribution is 7.98. The molecule has 2 heterocycles. The first-order valence-corrected chi connectivity index (χ1v) is 5.87. The van der Waals surface area contributed by atoms with Gasteiger partial charge in [0, 0.05) is 22.5 Å². The first-order chi connectivity index (χ1) is 7.38. The lowest BCUT2D eigenvalue weighted by Gasteiger charge is -2.01. The average Bonchev–Trinajstić information content (AvgIpc) is 2.72. The number of thioether (sulfide) groups is 1. The molecule has 0 amide bonds. The Bertz CT molecular complexity index is 630. The zero-order chi connectivity index (χ0) is 10.3. The van der Waals surface area contributed by atoms with Crippen LogP contribution < -0.4 is 0 Å². The normalized spacial score (nSPS) is 11.3. The maximum Gasteiger partial charge on any atom is 0.117 e. The molecule has 15 heavy (non-hydrogen) atoms. The number of aromatic nitrogens is 3. The molecular formula is C11H9N3S. The largest absolute Gasteiger partial charge is 0.361 e. The van der Waals surface area contributed by atoms with E-state index in [1.165, 1.54) is 5.39 Å². The van der Waals surface area contributed by atoms with Gasteiger partial charge in [0.1, 0.15) is 11.4 Å². The van der Waals surface area contributed by atoms with E-state index in [0.717, 1.165) is 21.4 Å². The summed E-state index contributed by atoms with van der Waals surface area (Å²) in [6.07, 6.45) is 5.59. The molecule has 0 aliphatic carbocycles. The van der Waals surface area contributed by atoms with Crippen LogP contribution in [0.5, 0.6) is 0 Å². The molecule has 3 nitrogen and oxygen atoms in total. The lowest BCUT2D eigenvalue weighted by Crippen LogP contribution is -1.85. The van der Waals surface area contributed by atoms with Crippen molar-refractivity contribution in [3.8, 4) is 0 Å². The smallest absolute Gasteiger partial charge is 0.117 e. The van der Waals surface area contributed by atoms with Crippen molar-refractivity contribution in [3.05, 3.63) is 30.7 Å². The summed E-state index contributed by atoms with van der Waals surface area (Å²) in [7, 11) is 0. The maximum absolute atomic E-state index is 4.28. The van der Waals surface area contributed by atoms with Gasteiger partial charge in [-0.3, -0.25) is 0 Å². The van der Waals surface area contributed by atoms with Crippen LogP contribution in [0.1, 0.15) is 0 Å². The summed E-state index contributed by atoms with van der Waals surface area (Å²) >= 11 is 1.65. The summed E-state index contributed by atoms with van der Waals surface area (Å²) in [5.41, 5.74) is 2.11. The predicted octanol–water partition coefficient (Wildman–Crippen LogP) is 2.83. The van der Waals surface area contributed by atoms with Gasteiger partial charge in [0.15, 0.2) is 0 Å². The highest BCUT2D eigenvalue weighted by atomic mass is 32.2. The second kappa shape index (κ2) is 3.24. The van der Waals surface area contributed by atoms with Crippen LogP contribution in [-0.4, -0.2) is 21.2 Å². The molecule has 1 aromatic carbocycles. The van der Waals surface area contributed by atoms with Crippen molar-refractivity contribution in [1.29, 1.82) is 0 Å². The molecule has 0 aliphatic rings. The fourth-order valence-corrected chi connectivity index (χ4v) is 2.28. The van der Waals surface area contributed by atoms with Crippen LogP contribution in [0.4, 0.5) is 0 Å². The van der Waals surface area contributed by atoms with Gasteiger partial charge in [-0.25, -0.2) is 9.97 Å². The molecule has 0 saturated heterocycles. The van der Waals surface area contributed by atoms with Crippen LogP contribution in [0.15, 0.2) is 35.7 Å². The van der Waals surface area contributed by atoms with Crippen molar-refractivity contribution in [2.75, 3.05) is 6.26 Å². The van der Waals surface area contributed by atoms with E-state index in [0.29, 0.717) is 0 Å². The Morgan fingerprint density at radius 1 is 1.27 bits per heavy atom. The van der Waals surface area contributed by atoms with Gasteiger partial charge in [-0.2, -0.15) is 0 Å². The zero-order valence-corrected chi connectivity index (χ0v) is 9.01. The van der Waals surface area contributed by atoms with Crippen LogP contribution in [0, 0.1) is 0 Å². The fourth-order valence-electron chi connectivity index (χ4n) is 1.74. The second-order valence-electron chi connectivity index (χ2n) is 3.32. The Balaban J connectivity index is 2.48. The standard InChI is InChI=1S/C11H9N3S/c1-15-11-8-4-7-2-3-12-9(7)5-10(8)13-6-14-11/h2-6,12H,1H3. The van der Waals surface area contributed by atoms with E-state index in [4.69, 9.17) is 0 Å². The Kier molecular flexibility index (Phi) is 1.89. The summed E-state index contributed by atoms with van der Waals surface area (Å²) in [5.74, 6) is 0. The molecule has 0 spiro atoms. The first kappa shape index (κ1) is 8.73. The molecule has 3 rings (SSSR count). The minimum Gasteiger partial charge on any atom is -0.361 e. The number of rotatable bonds is 1. The number of aromatic amines is 1. The molecule has 3 aromatic rings. The van der Waals surface area contributed by atoms with Crippen LogP contribution in [0.2, 0.25) is 0 Å². The van der Waals surface area contributed by atoms with E-state index >= 15 is 0 Å². The van der Waals surface area contributed by atoms with E-state index < -0.39 is 0 Å². The third-order valence-electron chi connectivity index (χ3n) is 2.47. The van der Waals surface area contributed by atoms with E-state index in [-0.39, 0.29) is 0 Å². The number of hydrogen-bond donors (Lipinski definition) is 1. The topological polar surface area (TPSA) is 41.6 Å². The molecule has 0 saturated carbocycles. The molecule has 0 fully saturated rings. The number of hydrogen-bond acceptors (Lipinski definition) is 3. The minimum absolute atomic E-state index is 0.990. The summed E-state index contributed by atoms with van der Waals surface area (Å²) in [4.78, 5) is 11.7. The summed E-state index contributed by atoms with van der Waals surface area (Å²) in [6, 6.07) is 6.25.